The molecule has 0 amide bonds. The van der Waals surface area contributed by atoms with E-state index in [1.807, 2.05) is 0 Å². The number of esters is 1. The number of nitrogens with one attached hydrogen (secondary N) is 1. The minimum Gasteiger partial charge on any atom is -0.466 e. The smallest absolute Gasteiger partial charge is 0.360 e. The van der Waals surface area contributed by atoms with Crippen LogP contribution in [-0.4, -0.2) is 31.2 Å². The summed E-state index contributed by atoms with van der Waals surface area (Å²) in [6.07, 6.45) is 6.86. The number of dihydropyridines is 1. The van der Waals surface area contributed by atoms with Gasteiger partial charge in [-0.15, -0.1) is 0 Å². The maximum atomic E-state index is 14.2. The SMILES string of the molecule is C/C=C/COP(=O)(OC/C=C/C)C1=C(C)NC(C)=C(C(=O)OC)C1c1cccc([N+](=O)[O-])c1. The molecule has 33 heavy (non-hydrogen) atoms. The number of allylic oxidation sites excluding steroid dienone is 5. The third-order valence-corrected chi connectivity index (χ3v) is 7.15. The highest BCUT2D eigenvalue weighted by molar-refractivity contribution is 7.58. The minimum atomic E-state index is -3.98. The standard InChI is InChI=1S/C23H29N2O7P/c1-6-8-13-31-33(29,32-14-9-7-2)22-17(4)24-16(3)20(23(26)30-5)21(22)18-11-10-12-19(15-18)25(27)28/h6-12,15,21,24H,13-14H2,1-5H3/b8-6+,9-7+. The van der Waals surface area contributed by atoms with Gasteiger partial charge >= 0.3 is 13.6 Å². The topological polar surface area (TPSA) is 117 Å². The van der Waals surface area contributed by atoms with Crippen LogP contribution in [0, 0.1) is 10.1 Å². The highest BCUT2D eigenvalue weighted by atomic mass is 31.2. The van der Waals surface area contributed by atoms with Crippen LogP contribution in [-0.2, 0) is 23.1 Å². The average Bonchev–Trinajstić information content (AvgIpc) is 2.78. The van der Waals surface area contributed by atoms with Gasteiger partial charge in [-0.05, 0) is 33.3 Å². The molecule has 0 bridgehead atoms. The van der Waals surface area contributed by atoms with Crippen molar-refractivity contribution in [1.29, 1.82) is 0 Å². The Morgan fingerprint density at radius 1 is 1.15 bits per heavy atom. The Morgan fingerprint density at radius 2 is 1.76 bits per heavy atom. The van der Waals surface area contributed by atoms with Crippen LogP contribution in [0.25, 0.3) is 0 Å². The number of non-ortho nitro benzene ring substituents is 1. The van der Waals surface area contributed by atoms with Gasteiger partial charge in [0.25, 0.3) is 5.69 Å². The number of nitro benzene ring substituents is 1. The number of hydrogen-bond donors (Lipinski definition) is 1. The Labute approximate surface area is 193 Å². The number of methoxy groups -OCH3 is 1. The molecule has 178 valence electrons. The zero-order chi connectivity index (χ0) is 24.6. The van der Waals surface area contributed by atoms with Crippen molar-refractivity contribution >= 4 is 19.3 Å². The summed E-state index contributed by atoms with van der Waals surface area (Å²) in [6, 6.07) is 5.84. The number of carbonyl (C=O) groups excluding carboxylic acids is 1. The van der Waals surface area contributed by atoms with E-state index >= 15 is 0 Å². The van der Waals surface area contributed by atoms with Gasteiger partial charge in [0.2, 0.25) is 0 Å². The number of ether oxygens (including phenoxy) is 1. The van der Waals surface area contributed by atoms with Crippen LogP contribution in [0.2, 0.25) is 0 Å². The number of hydrogen-bond acceptors (Lipinski definition) is 8. The van der Waals surface area contributed by atoms with Gasteiger partial charge in [0.15, 0.2) is 0 Å². The van der Waals surface area contributed by atoms with E-state index in [2.05, 4.69) is 5.32 Å². The average molecular weight is 476 g/mol. The van der Waals surface area contributed by atoms with Gasteiger partial charge in [-0.1, -0.05) is 36.4 Å². The lowest BCUT2D eigenvalue weighted by atomic mass is 9.86. The molecule has 0 fully saturated rings. The Bertz CT molecular complexity index is 1050. The number of rotatable bonds is 10. The maximum absolute atomic E-state index is 14.2. The molecule has 1 N–H and O–H groups in total. The first-order valence-corrected chi connectivity index (χ1v) is 11.9. The van der Waals surface area contributed by atoms with Crippen LogP contribution in [0.5, 0.6) is 0 Å². The van der Waals surface area contributed by atoms with Gasteiger partial charge < -0.3 is 19.1 Å². The summed E-state index contributed by atoms with van der Waals surface area (Å²) in [5.41, 5.74) is 1.35. The largest absolute Gasteiger partial charge is 0.466 e. The van der Waals surface area contributed by atoms with Crippen molar-refractivity contribution < 1.29 is 28.1 Å². The molecule has 0 aromatic heterocycles. The van der Waals surface area contributed by atoms with Crippen molar-refractivity contribution in [3.63, 3.8) is 0 Å². The second kappa shape index (κ2) is 11.7. The molecule has 10 heteroatoms. The Hall–Kier alpha value is -3.00. The van der Waals surface area contributed by atoms with E-state index in [0.717, 1.165) is 0 Å². The second-order valence-corrected chi connectivity index (χ2v) is 9.17. The van der Waals surface area contributed by atoms with Crippen LogP contribution in [0.3, 0.4) is 0 Å². The molecule has 1 unspecified atom stereocenters. The van der Waals surface area contributed by atoms with E-state index in [1.165, 1.54) is 25.3 Å². The molecule has 1 aliphatic rings. The summed E-state index contributed by atoms with van der Waals surface area (Å²) >= 11 is 0. The summed E-state index contributed by atoms with van der Waals surface area (Å²) < 4.78 is 30.7. The van der Waals surface area contributed by atoms with Crippen LogP contribution in [0.15, 0.2) is 70.9 Å². The Kier molecular flexibility index (Phi) is 9.34. The van der Waals surface area contributed by atoms with E-state index in [9.17, 15) is 19.5 Å². The first-order valence-electron chi connectivity index (χ1n) is 10.3. The lowest BCUT2D eigenvalue weighted by molar-refractivity contribution is -0.384. The summed E-state index contributed by atoms with van der Waals surface area (Å²) in [5, 5.41) is 14.7. The number of carbonyl (C=O) groups is 1. The van der Waals surface area contributed by atoms with E-state index in [-0.39, 0.29) is 29.8 Å². The van der Waals surface area contributed by atoms with Crippen LogP contribution in [0.4, 0.5) is 5.69 Å². The quantitative estimate of drug-likeness (QED) is 0.158. The van der Waals surface area contributed by atoms with E-state index in [1.54, 1.807) is 58.1 Å². The third kappa shape index (κ3) is 6.07. The van der Waals surface area contributed by atoms with Gasteiger partial charge in [0.05, 0.1) is 42.1 Å². The second-order valence-electron chi connectivity index (χ2n) is 7.18. The van der Waals surface area contributed by atoms with Crippen LogP contribution in [0.1, 0.15) is 39.2 Å². The molecule has 1 aliphatic heterocycles. The molecule has 0 spiro atoms. The van der Waals surface area contributed by atoms with Crippen LogP contribution >= 0.6 is 7.60 Å². The molecule has 0 saturated carbocycles. The summed E-state index contributed by atoms with van der Waals surface area (Å²) in [7, 11) is -2.74. The molecular formula is C23H29N2O7P. The minimum absolute atomic E-state index is 0.0122. The first kappa shape index (κ1) is 26.3. The Balaban J connectivity index is 2.77. The molecule has 0 radical (unpaired) electrons. The monoisotopic (exact) mass is 476 g/mol. The predicted octanol–water partition coefficient (Wildman–Crippen LogP) is 5.34. The van der Waals surface area contributed by atoms with Crippen molar-refractivity contribution in [1.82, 2.24) is 5.32 Å². The fraction of sp³-hybridized carbons (Fsp3) is 0.348. The summed E-state index contributed by atoms with van der Waals surface area (Å²) in [5.74, 6) is -1.60. The molecular weight excluding hydrogens is 447 g/mol. The summed E-state index contributed by atoms with van der Waals surface area (Å²) in [6.45, 7) is 7.01. The maximum Gasteiger partial charge on any atom is 0.360 e. The zero-order valence-corrected chi connectivity index (χ0v) is 20.3. The number of nitro groups is 1. The van der Waals surface area contributed by atoms with E-state index < -0.39 is 24.4 Å². The number of nitrogens with zero attached hydrogens (tertiary/aromatic N) is 1. The molecule has 1 aromatic carbocycles. The van der Waals surface area contributed by atoms with Crippen molar-refractivity contribution in [3.8, 4) is 0 Å². The Morgan fingerprint density at radius 3 is 2.27 bits per heavy atom. The lowest BCUT2D eigenvalue weighted by Crippen LogP contribution is -2.29. The van der Waals surface area contributed by atoms with E-state index in [4.69, 9.17) is 13.8 Å². The highest BCUT2D eigenvalue weighted by Gasteiger charge is 2.44. The van der Waals surface area contributed by atoms with Crippen molar-refractivity contribution in [3.05, 3.63) is 86.5 Å². The van der Waals surface area contributed by atoms with Gasteiger partial charge in [-0.2, -0.15) is 0 Å². The number of benzene rings is 1. The zero-order valence-electron chi connectivity index (χ0n) is 19.4. The third-order valence-electron chi connectivity index (χ3n) is 4.99. The van der Waals surface area contributed by atoms with Gasteiger partial charge in [0, 0.05) is 23.5 Å². The van der Waals surface area contributed by atoms with Gasteiger partial charge in [0.1, 0.15) is 0 Å². The van der Waals surface area contributed by atoms with Crippen molar-refractivity contribution in [2.24, 2.45) is 0 Å². The van der Waals surface area contributed by atoms with Gasteiger partial charge in [-0.3, -0.25) is 14.7 Å². The molecule has 0 aliphatic carbocycles. The molecule has 1 atom stereocenters. The highest BCUT2D eigenvalue weighted by Crippen LogP contribution is 2.64. The fourth-order valence-electron chi connectivity index (χ4n) is 3.52. The lowest BCUT2D eigenvalue weighted by Gasteiger charge is -2.34. The molecule has 9 nitrogen and oxygen atoms in total. The normalized spacial score (nSPS) is 17.1. The van der Waals surface area contributed by atoms with Crippen molar-refractivity contribution in [2.75, 3.05) is 20.3 Å². The van der Waals surface area contributed by atoms with E-state index in [0.29, 0.717) is 17.0 Å². The fourth-order valence-corrected chi connectivity index (χ4v) is 5.50. The summed E-state index contributed by atoms with van der Waals surface area (Å²) in [4.78, 5) is 23.7. The van der Waals surface area contributed by atoms with Crippen molar-refractivity contribution in [2.45, 2.75) is 33.6 Å². The molecule has 0 saturated heterocycles. The predicted molar refractivity (Wildman–Crippen MR) is 126 cm³/mol. The van der Waals surface area contributed by atoms with Gasteiger partial charge in [-0.25, -0.2) is 4.79 Å². The molecule has 1 aromatic rings. The molecule has 2 rings (SSSR count). The van der Waals surface area contributed by atoms with Crippen LogP contribution < -0.4 is 5.32 Å². The molecule has 1 heterocycles. The first-order chi connectivity index (χ1) is 15.7.